The maximum absolute atomic E-state index is 12.4. The van der Waals surface area contributed by atoms with Gasteiger partial charge < -0.3 is 16.4 Å². The van der Waals surface area contributed by atoms with Gasteiger partial charge in [-0.1, -0.05) is 48.0 Å². The minimum Gasteiger partial charge on any atom is -0.369 e. The maximum Gasteiger partial charge on any atom is 0.264 e. The first-order valence-electron chi connectivity index (χ1n) is 10.3. The van der Waals surface area contributed by atoms with Crippen LogP contribution in [0, 0.1) is 6.92 Å². The minimum absolute atomic E-state index is 0.0906. The minimum atomic E-state index is -3.81. The lowest BCUT2D eigenvalue weighted by Crippen LogP contribution is -2.62. The van der Waals surface area contributed by atoms with Crippen molar-refractivity contribution in [2.24, 2.45) is 10.7 Å². The molecule has 1 saturated heterocycles. The lowest BCUT2D eigenvalue weighted by Gasteiger charge is -2.29. The van der Waals surface area contributed by atoms with Gasteiger partial charge in [0.25, 0.3) is 10.0 Å². The molecule has 0 unspecified atom stereocenters. The molecular weight excluding hydrogens is 430 g/mol. The summed E-state index contributed by atoms with van der Waals surface area (Å²) in [5.41, 5.74) is 7.60. The molecule has 1 heterocycles. The van der Waals surface area contributed by atoms with Crippen molar-refractivity contribution in [2.75, 3.05) is 6.54 Å². The number of nitrogens with one attached hydrogen (secondary N) is 3. The first kappa shape index (κ1) is 23.3. The highest BCUT2D eigenvalue weighted by Gasteiger charge is 2.33. The van der Waals surface area contributed by atoms with Gasteiger partial charge in [-0.15, -0.1) is 0 Å². The molecule has 2 aromatic rings. The number of sulfonamides is 1. The summed E-state index contributed by atoms with van der Waals surface area (Å²) in [7, 11) is -3.81. The smallest absolute Gasteiger partial charge is 0.264 e. The highest BCUT2D eigenvalue weighted by atomic mass is 32.2. The summed E-state index contributed by atoms with van der Waals surface area (Å²) in [5.74, 6) is -0.708. The Balaban J connectivity index is 1.46. The van der Waals surface area contributed by atoms with Crippen LogP contribution in [0.1, 0.15) is 24.0 Å². The molecule has 0 spiro atoms. The number of rotatable bonds is 8. The van der Waals surface area contributed by atoms with Crippen molar-refractivity contribution in [3.63, 3.8) is 0 Å². The third-order valence-corrected chi connectivity index (χ3v) is 6.42. The zero-order valence-corrected chi connectivity index (χ0v) is 18.6. The van der Waals surface area contributed by atoms with Crippen molar-refractivity contribution in [1.29, 1.82) is 0 Å². The van der Waals surface area contributed by atoms with Gasteiger partial charge in [0.15, 0.2) is 0 Å². The summed E-state index contributed by atoms with van der Waals surface area (Å²) in [6.45, 7) is 2.06. The van der Waals surface area contributed by atoms with E-state index in [0.29, 0.717) is 19.3 Å². The number of amides is 2. The summed E-state index contributed by atoms with van der Waals surface area (Å²) in [4.78, 5) is 28.8. The van der Waals surface area contributed by atoms with Gasteiger partial charge in [-0.05, 0) is 37.5 Å². The van der Waals surface area contributed by atoms with E-state index in [0.717, 1.165) is 11.1 Å². The van der Waals surface area contributed by atoms with E-state index in [-0.39, 0.29) is 29.2 Å². The van der Waals surface area contributed by atoms with Crippen LogP contribution in [0.2, 0.25) is 0 Å². The van der Waals surface area contributed by atoms with Crippen LogP contribution in [0.25, 0.3) is 0 Å². The van der Waals surface area contributed by atoms with Gasteiger partial charge in [0.05, 0.1) is 4.90 Å². The van der Waals surface area contributed by atoms with Crippen LogP contribution in [0.4, 0.5) is 0 Å². The molecule has 0 aliphatic carbocycles. The van der Waals surface area contributed by atoms with Crippen LogP contribution in [0.15, 0.2) is 64.5 Å². The SMILES string of the molecule is Cc1ccc(S(=O)(=O)NC(N)=NCCC[C@@H]2NC(=O)[C@H](Cc3ccccc3)NC2=O)cc1. The molecule has 1 aliphatic rings. The number of piperazine rings is 1. The van der Waals surface area contributed by atoms with Crippen LogP contribution in [0.3, 0.4) is 0 Å². The average molecular weight is 458 g/mol. The zero-order valence-electron chi connectivity index (χ0n) is 17.7. The number of aryl methyl sites for hydroxylation is 1. The van der Waals surface area contributed by atoms with E-state index >= 15 is 0 Å². The molecule has 10 heteroatoms. The average Bonchev–Trinajstić information content (AvgIpc) is 2.75. The maximum atomic E-state index is 12.4. The monoisotopic (exact) mass is 457 g/mol. The number of nitrogens with two attached hydrogens (primary N) is 1. The number of carbonyl (C=O) groups excluding carboxylic acids is 2. The summed E-state index contributed by atoms with van der Waals surface area (Å²) in [6.07, 6.45) is 1.22. The quantitative estimate of drug-likeness (QED) is 0.261. The van der Waals surface area contributed by atoms with Gasteiger partial charge in [0, 0.05) is 13.0 Å². The zero-order chi connectivity index (χ0) is 23.1. The van der Waals surface area contributed by atoms with Crippen molar-refractivity contribution >= 4 is 27.8 Å². The molecule has 9 nitrogen and oxygen atoms in total. The third kappa shape index (κ3) is 6.30. The second kappa shape index (κ2) is 10.3. The Labute approximate surface area is 187 Å². The molecule has 0 saturated carbocycles. The largest absolute Gasteiger partial charge is 0.369 e. The molecule has 0 aromatic heterocycles. The van der Waals surface area contributed by atoms with Crippen LogP contribution in [-0.2, 0) is 26.0 Å². The highest BCUT2D eigenvalue weighted by Crippen LogP contribution is 2.11. The molecule has 1 fully saturated rings. The molecule has 170 valence electrons. The second-order valence-electron chi connectivity index (χ2n) is 7.64. The van der Waals surface area contributed by atoms with Gasteiger partial charge >= 0.3 is 0 Å². The Morgan fingerprint density at radius 2 is 1.62 bits per heavy atom. The van der Waals surface area contributed by atoms with E-state index in [1.54, 1.807) is 12.1 Å². The van der Waals surface area contributed by atoms with Crippen molar-refractivity contribution in [2.45, 2.75) is 43.2 Å². The Hall–Kier alpha value is -3.40. The van der Waals surface area contributed by atoms with Crippen molar-refractivity contribution < 1.29 is 18.0 Å². The number of hydrogen-bond donors (Lipinski definition) is 4. The number of guanidine groups is 1. The summed E-state index contributed by atoms with van der Waals surface area (Å²) >= 11 is 0. The number of nitrogens with zero attached hydrogens (tertiary/aromatic N) is 1. The van der Waals surface area contributed by atoms with Crippen LogP contribution < -0.4 is 21.1 Å². The molecule has 2 aromatic carbocycles. The summed E-state index contributed by atoms with van der Waals surface area (Å²) in [5, 5.41) is 5.51. The van der Waals surface area contributed by atoms with Crippen LogP contribution in [-0.4, -0.2) is 44.8 Å². The Morgan fingerprint density at radius 3 is 2.31 bits per heavy atom. The Kier molecular flexibility index (Phi) is 7.47. The van der Waals surface area contributed by atoms with E-state index in [2.05, 4.69) is 20.3 Å². The third-order valence-electron chi connectivity index (χ3n) is 5.05. The van der Waals surface area contributed by atoms with Crippen LogP contribution in [0.5, 0.6) is 0 Å². The molecule has 1 aliphatic heterocycles. The van der Waals surface area contributed by atoms with E-state index in [4.69, 9.17) is 5.73 Å². The fraction of sp³-hybridized carbons (Fsp3) is 0.318. The number of aliphatic imine (C=N–C) groups is 1. The summed E-state index contributed by atoms with van der Waals surface area (Å²) < 4.78 is 26.8. The molecule has 0 radical (unpaired) electrons. The summed E-state index contributed by atoms with van der Waals surface area (Å²) in [6, 6.07) is 14.6. The van der Waals surface area contributed by atoms with Gasteiger partial charge in [-0.3, -0.25) is 14.6 Å². The predicted octanol–water partition coefficient (Wildman–Crippen LogP) is 0.594. The van der Waals surface area contributed by atoms with Crippen molar-refractivity contribution in [1.82, 2.24) is 15.4 Å². The highest BCUT2D eigenvalue weighted by molar-refractivity contribution is 7.90. The van der Waals surface area contributed by atoms with Crippen molar-refractivity contribution in [3.8, 4) is 0 Å². The molecule has 2 amide bonds. The normalized spacial score (nSPS) is 19.2. The van der Waals surface area contributed by atoms with Crippen molar-refractivity contribution in [3.05, 3.63) is 65.7 Å². The topological polar surface area (TPSA) is 143 Å². The van der Waals surface area contributed by atoms with E-state index < -0.39 is 22.1 Å². The number of carbonyl (C=O) groups is 2. The second-order valence-corrected chi connectivity index (χ2v) is 9.32. The lowest BCUT2D eigenvalue weighted by atomic mass is 10.0. The number of benzene rings is 2. The van der Waals surface area contributed by atoms with E-state index in [9.17, 15) is 18.0 Å². The molecule has 5 N–H and O–H groups in total. The van der Waals surface area contributed by atoms with E-state index in [1.165, 1.54) is 12.1 Å². The standard InChI is InChI=1S/C22H27N5O4S/c1-15-9-11-17(12-10-15)32(30,31)27-22(23)24-13-5-8-18-20(28)26-19(21(29)25-18)14-16-6-3-2-4-7-16/h2-4,6-7,9-12,18-19H,5,8,13-14H2,1H3,(H,25,29)(H,26,28)(H3,23,24,27)/t18-,19-/m0/s1. The van der Waals surface area contributed by atoms with Gasteiger partial charge in [-0.2, -0.15) is 0 Å². The van der Waals surface area contributed by atoms with Crippen LogP contribution >= 0.6 is 0 Å². The van der Waals surface area contributed by atoms with E-state index in [1.807, 2.05) is 37.3 Å². The lowest BCUT2D eigenvalue weighted by molar-refractivity contribution is -0.136. The first-order valence-corrected chi connectivity index (χ1v) is 11.8. The molecule has 0 bridgehead atoms. The molecular formula is C22H27N5O4S. The molecule has 32 heavy (non-hydrogen) atoms. The van der Waals surface area contributed by atoms with Gasteiger partial charge in [-0.25, -0.2) is 13.1 Å². The first-order chi connectivity index (χ1) is 15.2. The Morgan fingerprint density at radius 1 is 1.00 bits per heavy atom. The van der Waals surface area contributed by atoms with Gasteiger partial charge in [0.1, 0.15) is 12.1 Å². The number of hydrogen-bond acceptors (Lipinski definition) is 5. The fourth-order valence-electron chi connectivity index (χ4n) is 3.31. The molecule has 2 atom stereocenters. The molecule has 3 rings (SSSR count). The fourth-order valence-corrected chi connectivity index (χ4v) is 4.27. The predicted molar refractivity (Wildman–Crippen MR) is 121 cm³/mol. The Bertz CT molecular complexity index is 1090. The van der Waals surface area contributed by atoms with Gasteiger partial charge in [0.2, 0.25) is 17.8 Å².